The Kier molecular flexibility index (Phi) is 5.96. The van der Waals surface area contributed by atoms with Crippen molar-refractivity contribution in [2.24, 2.45) is 11.7 Å². The Labute approximate surface area is 131 Å². The van der Waals surface area contributed by atoms with Crippen LogP contribution in [0.15, 0.2) is 24.3 Å². The Morgan fingerprint density at radius 3 is 2.76 bits per heavy atom. The van der Waals surface area contributed by atoms with Crippen LogP contribution in [0, 0.1) is 5.92 Å². The smallest absolute Gasteiger partial charge is 0.119 e. The highest BCUT2D eigenvalue weighted by atomic mass is 32.1. The maximum atomic E-state index is 9.86. The zero-order valence-corrected chi connectivity index (χ0v) is 13.3. The molecule has 116 valence electrons. The zero-order chi connectivity index (χ0) is 15.2. The maximum Gasteiger partial charge on any atom is 0.119 e. The van der Waals surface area contributed by atoms with Crippen molar-refractivity contribution in [2.75, 3.05) is 26.2 Å². The van der Waals surface area contributed by atoms with Crippen LogP contribution in [-0.2, 0) is 0 Å². The van der Waals surface area contributed by atoms with Gasteiger partial charge in [0.1, 0.15) is 10.7 Å². The van der Waals surface area contributed by atoms with Crippen molar-refractivity contribution >= 4 is 17.2 Å². The molecule has 3 N–H and O–H groups in total. The van der Waals surface area contributed by atoms with Crippen LogP contribution < -0.4 is 10.5 Å². The topological polar surface area (TPSA) is 58.7 Å². The van der Waals surface area contributed by atoms with Crippen LogP contribution in [0.25, 0.3) is 0 Å². The fourth-order valence-electron chi connectivity index (χ4n) is 2.51. The van der Waals surface area contributed by atoms with Crippen LogP contribution in [-0.4, -0.2) is 47.3 Å². The lowest BCUT2D eigenvalue weighted by molar-refractivity contribution is 0.0275. The molecule has 2 rings (SSSR count). The first-order valence-corrected chi connectivity index (χ1v) is 7.90. The fourth-order valence-corrected chi connectivity index (χ4v) is 2.65. The van der Waals surface area contributed by atoms with E-state index in [9.17, 15) is 5.11 Å². The number of nitrogens with zero attached hydrogens (tertiary/aromatic N) is 1. The predicted molar refractivity (Wildman–Crippen MR) is 88.7 cm³/mol. The average molecular weight is 308 g/mol. The third kappa shape index (κ3) is 4.95. The van der Waals surface area contributed by atoms with E-state index in [-0.39, 0.29) is 6.10 Å². The standard InChI is InChI=1S/C16H24N2O2S/c1-12-7-9-18(11-15(12)19)8-2-10-20-14-5-3-13(4-6-14)16(17)21/h3-6,12,15,19H,2,7-11H2,1H3,(H2,17,21). The zero-order valence-electron chi connectivity index (χ0n) is 12.5. The summed E-state index contributed by atoms with van der Waals surface area (Å²) in [5.41, 5.74) is 6.41. The van der Waals surface area contributed by atoms with Crippen molar-refractivity contribution in [3.8, 4) is 5.75 Å². The summed E-state index contributed by atoms with van der Waals surface area (Å²) in [4.78, 5) is 2.71. The second-order valence-electron chi connectivity index (χ2n) is 5.72. The Bertz CT molecular complexity index is 464. The number of benzene rings is 1. The number of rotatable bonds is 6. The molecule has 21 heavy (non-hydrogen) atoms. The SMILES string of the molecule is CC1CCN(CCCOc2ccc(C(N)=S)cc2)CC1O. The number of hydrogen-bond acceptors (Lipinski definition) is 4. The molecule has 0 aromatic heterocycles. The van der Waals surface area contributed by atoms with Gasteiger partial charge in [0, 0.05) is 18.7 Å². The highest BCUT2D eigenvalue weighted by Gasteiger charge is 2.23. The molecule has 1 aliphatic heterocycles. The van der Waals surface area contributed by atoms with Gasteiger partial charge in [0.05, 0.1) is 12.7 Å². The summed E-state index contributed by atoms with van der Waals surface area (Å²) < 4.78 is 5.71. The number of aliphatic hydroxyl groups excluding tert-OH is 1. The summed E-state index contributed by atoms with van der Waals surface area (Å²) in [6, 6.07) is 7.53. The van der Waals surface area contributed by atoms with E-state index in [1.807, 2.05) is 24.3 Å². The van der Waals surface area contributed by atoms with Gasteiger partial charge in [0.2, 0.25) is 0 Å². The third-order valence-corrected chi connectivity index (χ3v) is 4.26. The number of thiocarbonyl (C=S) groups is 1. The molecule has 1 aliphatic rings. The van der Waals surface area contributed by atoms with Gasteiger partial charge in [-0.05, 0) is 49.6 Å². The number of likely N-dealkylation sites (tertiary alicyclic amines) is 1. The van der Waals surface area contributed by atoms with Crippen LogP contribution in [0.4, 0.5) is 0 Å². The summed E-state index contributed by atoms with van der Waals surface area (Å²) >= 11 is 4.91. The van der Waals surface area contributed by atoms with Crippen LogP contribution >= 0.6 is 12.2 Å². The van der Waals surface area contributed by atoms with Gasteiger partial charge in [0.25, 0.3) is 0 Å². The molecule has 0 radical (unpaired) electrons. The highest BCUT2D eigenvalue weighted by molar-refractivity contribution is 7.80. The van der Waals surface area contributed by atoms with Gasteiger partial charge < -0.3 is 20.5 Å². The van der Waals surface area contributed by atoms with Gasteiger partial charge in [-0.25, -0.2) is 0 Å². The van der Waals surface area contributed by atoms with E-state index >= 15 is 0 Å². The molecule has 1 saturated heterocycles. The molecule has 1 heterocycles. The summed E-state index contributed by atoms with van der Waals surface area (Å²) in [5, 5.41) is 9.86. The van der Waals surface area contributed by atoms with E-state index in [4.69, 9.17) is 22.7 Å². The Morgan fingerprint density at radius 2 is 2.14 bits per heavy atom. The van der Waals surface area contributed by atoms with Gasteiger partial charge in [-0.15, -0.1) is 0 Å². The molecule has 4 nitrogen and oxygen atoms in total. The van der Waals surface area contributed by atoms with Crippen molar-refractivity contribution in [1.29, 1.82) is 0 Å². The minimum absolute atomic E-state index is 0.188. The van der Waals surface area contributed by atoms with Gasteiger partial charge in [-0.3, -0.25) is 0 Å². The number of ether oxygens (including phenoxy) is 1. The molecule has 1 fully saturated rings. The molecular formula is C16H24N2O2S. The summed E-state index contributed by atoms with van der Waals surface area (Å²) in [5.74, 6) is 1.26. The highest BCUT2D eigenvalue weighted by Crippen LogP contribution is 2.17. The molecule has 2 unspecified atom stereocenters. The first-order chi connectivity index (χ1) is 10.1. The molecule has 5 heteroatoms. The van der Waals surface area contributed by atoms with Crippen LogP contribution in [0.5, 0.6) is 5.75 Å². The second kappa shape index (κ2) is 7.73. The fraction of sp³-hybridized carbons (Fsp3) is 0.562. The van der Waals surface area contributed by atoms with Crippen LogP contribution in [0.2, 0.25) is 0 Å². The minimum atomic E-state index is -0.188. The lowest BCUT2D eigenvalue weighted by Crippen LogP contribution is -2.43. The summed E-state index contributed by atoms with van der Waals surface area (Å²) in [7, 11) is 0. The molecule has 0 amide bonds. The first kappa shape index (κ1) is 16.2. The van der Waals surface area contributed by atoms with Crippen LogP contribution in [0.1, 0.15) is 25.3 Å². The number of β-amino-alcohol motifs (C(OH)–C–C–N with tert-alkyl or cyclic N) is 1. The van der Waals surface area contributed by atoms with Gasteiger partial charge in [-0.2, -0.15) is 0 Å². The van der Waals surface area contributed by atoms with E-state index in [2.05, 4.69) is 11.8 Å². The van der Waals surface area contributed by atoms with Crippen molar-refractivity contribution < 1.29 is 9.84 Å². The van der Waals surface area contributed by atoms with E-state index in [1.54, 1.807) is 0 Å². The van der Waals surface area contributed by atoms with Crippen molar-refractivity contribution in [3.63, 3.8) is 0 Å². The monoisotopic (exact) mass is 308 g/mol. The molecule has 1 aromatic carbocycles. The molecule has 2 atom stereocenters. The number of piperidine rings is 1. The van der Waals surface area contributed by atoms with E-state index in [1.165, 1.54) is 0 Å². The number of nitrogens with two attached hydrogens (primary N) is 1. The van der Waals surface area contributed by atoms with Crippen LogP contribution in [0.3, 0.4) is 0 Å². The van der Waals surface area contributed by atoms with Crippen molar-refractivity contribution in [1.82, 2.24) is 4.90 Å². The summed E-state index contributed by atoms with van der Waals surface area (Å²) in [6.07, 6.45) is 1.84. The minimum Gasteiger partial charge on any atom is -0.494 e. The van der Waals surface area contributed by atoms with Crippen molar-refractivity contribution in [2.45, 2.75) is 25.9 Å². The van der Waals surface area contributed by atoms with E-state index in [0.717, 1.165) is 43.8 Å². The third-order valence-electron chi connectivity index (χ3n) is 4.03. The lowest BCUT2D eigenvalue weighted by Gasteiger charge is -2.34. The Morgan fingerprint density at radius 1 is 1.43 bits per heavy atom. The molecule has 0 spiro atoms. The molecular weight excluding hydrogens is 284 g/mol. The predicted octanol–water partition coefficient (Wildman–Crippen LogP) is 1.79. The molecule has 1 aromatic rings. The molecule has 0 bridgehead atoms. The van der Waals surface area contributed by atoms with Gasteiger partial charge >= 0.3 is 0 Å². The van der Waals surface area contributed by atoms with Gasteiger partial charge in [-0.1, -0.05) is 19.1 Å². The quantitative estimate of drug-likeness (QED) is 0.620. The van der Waals surface area contributed by atoms with Crippen molar-refractivity contribution in [3.05, 3.63) is 29.8 Å². The summed E-state index contributed by atoms with van der Waals surface area (Å²) in [6.45, 7) is 5.61. The first-order valence-electron chi connectivity index (χ1n) is 7.49. The Balaban J connectivity index is 1.66. The Hall–Kier alpha value is -1.17. The van der Waals surface area contributed by atoms with E-state index < -0.39 is 0 Å². The van der Waals surface area contributed by atoms with E-state index in [0.29, 0.717) is 17.5 Å². The average Bonchev–Trinajstić information content (AvgIpc) is 2.47. The largest absolute Gasteiger partial charge is 0.494 e. The normalized spacial score (nSPS) is 23.0. The molecule has 0 aliphatic carbocycles. The lowest BCUT2D eigenvalue weighted by atomic mass is 9.96. The maximum absolute atomic E-state index is 9.86. The number of hydrogen-bond donors (Lipinski definition) is 2. The molecule has 0 saturated carbocycles. The number of aliphatic hydroxyl groups is 1. The van der Waals surface area contributed by atoms with Gasteiger partial charge in [0.15, 0.2) is 0 Å². The second-order valence-corrected chi connectivity index (χ2v) is 6.16.